The summed E-state index contributed by atoms with van der Waals surface area (Å²) in [6.07, 6.45) is 1.22. The summed E-state index contributed by atoms with van der Waals surface area (Å²) in [7, 11) is 0. The standard InChI is InChI=1S/C12H14ClNO2/c1-3-4-12(16)14-11-7-9(8(2)15)5-6-10(11)13/h5-7H,3-4H2,1-2H3,(H,14,16). The van der Waals surface area contributed by atoms with E-state index in [0.717, 1.165) is 6.42 Å². The number of hydrogen-bond acceptors (Lipinski definition) is 2. The van der Waals surface area contributed by atoms with Crippen LogP contribution in [0.3, 0.4) is 0 Å². The molecule has 0 atom stereocenters. The molecular weight excluding hydrogens is 226 g/mol. The van der Waals surface area contributed by atoms with Gasteiger partial charge in [0.2, 0.25) is 5.91 Å². The number of benzene rings is 1. The third kappa shape index (κ3) is 3.35. The Bertz CT molecular complexity index is 415. The second kappa shape index (κ2) is 5.66. The van der Waals surface area contributed by atoms with Crippen molar-refractivity contribution >= 4 is 29.0 Å². The molecule has 0 aliphatic heterocycles. The van der Waals surface area contributed by atoms with Gasteiger partial charge in [0.1, 0.15) is 0 Å². The fourth-order valence-electron chi connectivity index (χ4n) is 1.28. The first-order valence-electron chi connectivity index (χ1n) is 5.15. The lowest BCUT2D eigenvalue weighted by molar-refractivity contribution is -0.116. The predicted molar refractivity (Wildman–Crippen MR) is 65.0 cm³/mol. The number of ketones is 1. The number of carbonyl (C=O) groups excluding carboxylic acids is 2. The van der Waals surface area contributed by atoms with Crippen LogP contribution in [0.25, 0.3) is 0 Å². The van der Waals surface area contributed by atoms with Crippen LogP contribution in [0.4, 0.5) is 5.69 Å². The van der Waals surface area contributed by atoms with Crippen molar-refractivity contribution < 1.29 is 9.59 Å². The minimum Gasteiger partial charge on any atom is -0.325 e. The molecule has 0 saturated heterocycles. The molecule has 0 aliphatic rings. The molecule has 0 unspecified atom stereocenters. The Morgan fingerprint density at radius 1 is 1.38 bits per heavy atom. The highest BCUT2D eigenvalue weighted by Crippen LogP contribution is 2.23. The van der Waals surface area contributed by atoms with Gasteiger partial charge < -0.3 is 5.32 Å². The Hall–Kier alpha value is -1.35. The van der Waals surface area contributed by atoms with Gasteiger partial charge in [0.15, 0.2) is 5.78 Å². The number of amides is 1. The van der Waals surface area contributed by atoms with E-state index in [1.165, 1.54) is 6.92 Å². The summed E-state index contributed by atoms with van der Waals surface area (Å²) < 4.78 is 0. The van der Waals surface area contributed by atoms with Crippen molar-refractivity contribution in [2.24, 2.45) is 0 Å². The molecule has 86 valence electrons. The van der Waals surface area contributed by atoms with Crippen LogP contribution in [0.1, 0.15) is 37.0 Å². The lowest BCUT2D eigenvalue weighted by atomic mass is 10.1. The zero-order valence-electron chi connectivity index (χ0n) is 9.34. The summed E-state index contributed by atoms with van der Waals surface area (Å²) in [6, 6.07) is 4.85. The first-order valence-corrected chi connectivity index (χ1v) is 5.52. The molecule has 0 heterocycles. The third-order valence-corrected chi connectivity index (χ3v) is 2.45. The van der Waals surface area contributed by atoms with Gasteiger partial charge in [-0.15, -0.1) is 0 Å². The van der Waals surface area contributed by atoms with Gasteiger partial charge in [0.25, 0.3) is 0 Å². The first-order chi connectivity index (χ1) is 7.54. The van der Waals surface area contributed by atoms with Gasteiger partial charge in [-0.1, -0.05) is 18.5 Å². The van der Waals surface area contributed by atoms with Gasteiger partial charge in [0.05, 0.1) is 10.7 Å². The maximum atomic E-state index is 11.4. The van der Waals surface area contributed by atoms with E-state index in [2.05, 4.69) is 5.32 Å². The fraction of sp³-hybridized carbons (Fsp3) is 0.333. The van der Waals surface area contributed by atoms with Crippen LogP contribution < -0.4 is 5.32 Å². The number of nitrogens with one attached hydrogen (secondary N) is 1. The molecule has 1 amide bonds. The van der Waals surface area contributed by atoms with Gasteiger partial charge in [0, 0.05) is 12.0 Å². The Labute approximate surface area is 99.8 Å². The number of halogens is 1. The number of anilines is 1. The lowest BCUT2D eigenvalue weighted by Crippen LogP contribution is -2.11. The summed E-state index contributed by atoms with van der Waals surface area (Å²) in [5, 5.41) is 3.12. The van der Waals surface area contributed by atoms with E-state index < -0.39 is 0 Å². The quantitative estimate of drug-likeness (QED) is 0.820. The highest BCUT2D eigenvalue weighted by Gasteiger charge is 2.07. The molecule has 1 N–H and O–H groups in total. The molecule has 16 heavy (non-hydrogen) atoms. The monoisotopic (exact) mass is 239 g/mol. The van der Waals surface area contributed by atoms with E-state index >= 15 is 0 Å². The van der Waals surface area contributed by atoms with Crippen LogP contribution in [-0.2, 0) is 4.79 Å². The van der Waals surface area contributed by atoms with E-state index in [4.69, 9.17) is 11.6 Å². The number of carbonyl (C=O) groups is 2. The van der Waals surface area contributed by atoms with Crippen LogP contribution in [0.15, 0.2) is 18.2 Å². The molecule has 0 saturated carbocycles. The topological polar surface area (TPSA) is 46.2 Å². The van der Waals surface area contributed by atoms with Crippen molar-refractivity contribution in [2.75, 3.05) is 5.32 Å². The maximum Gasteiger partial charge on any atom is 0.224 e. The fourth-order valence-corrected chi connectivity index (χ4v) is 1.44. The van der Waals surface area contributed by atoms with Crippen molar-refractivity contribution in [3.63, 3.8) is 0 Å². The second-order valence-electron chi connectivity index (χ2n) is 3.55. The third-order valence-electron chi connectivity index (χ3n) is 2.12. The van der Waals surface area contributed by atoms with Gasteiger partial charge in [-0.05, 0) is 31.5 Å². The van der Waals surface area contributed by atoms with E-state index in [1.54, 1.807) is 18.2 Å². The smallest absolute Gasteiger partial charge is 0.224 e. The molecule has 4 heteroatoms. The summed E-state index contributed by atoms with van der Waals surface area (Å²) in [5.41, 5.74) is 1.03. The highest BCUT2D eigenvalue weighted by atomic mass is 35.5. The summed E-state index contributed by atoms with van der Waals surface area (Å²) in [4.78, 5) is 22.6. The van der Waals surface area contributed by atoms with E-state index in [-0.39, 0.29) is 11.7 Å². The molecule has 0 aromatic heterocycles. The normalized spacial score (nSPS) is 9.94. The van der Waals surface area contributed by atoms with Crippen molar-refractivity contribution in [3.05, 3.63) is 28.8 Å². The zero-order valence-corrected chi connectivity index (χ0v) is 10.1. The van der Waals surface area contributed by atoms with Gasteiger partial charge in [-0.2, -0.15) is 0 Å². The molecule has 0 aliphatic carbocycles. The maximum absolute atomic E-state index is 11.4. The minimum absolute atomic E-state index is 0.0531. The Morgan fingerprint density at radius 3 is 2.62 bits per heavy atom. The zero-order chi connectivity index (χ0) is 12.1. The molecular formula is C12H14ClNO2. The van der Waals surface area contributed by atoms with Crippen molar-refractivity contribution in [2.45, 2.75) is 26.7 Å². The number of Topliss-reactive ketones (excluding diaryl/α,β-unsaturated/α-hetero) is 1. The van der Waals surface area contributed by atoms with Crippen LogP contribution in [0.5, 0.6) is 0 Å². The minimum atomic E-state index is -0.0925. The van der Waals surface area contributed by atoms with Crippen molar-refractivity contribution in [3.8, 4) is 0 Å². The first kappa shape index (κ1) is 12.7. The summed E-state index contributed by atoms with van der Waals surface area (Å²) >= 11 is 5.92. The van der Waals surface area contributed by atoms with Crippen LogP contribution in [0, 0.1) is 0 Å². The van der Waals surface area contributed by atoms with Gasteiger partial charge in [-0.25, -0.2) is 0 Å². The van der Waals surface area contributed by atoms with E-state index in [1.807, 2.05) is 6.92 Å². The molecule has 3 nitrogen and oxygen atoms in total. The summed E-state index contributed by atoms with van der Waals surface area (Å²) in [6.45, 7) is 3.40. The molecule has 0 bridgehead atoms. The van der Waals surface area contributed by atoms with Crippen LogP contribution in [-0.4, -0.2) is 11.7 Å². The van der Waals surface area contributed by atoms with Crippen molar-refractivity contribution in [1.82, 2.24) is 0 Å². The Kier molecular flexibility index (Phi) is 4.50. The van der Waals surface area contributed by atoms with Crippen LogP contribution >= 0.6 is 11.6 Å². The van der Waals surface area contributed by atoms with E-state index in [0.29, 0.717) is 22.7 Å². The summed E-state index contributed by atoms with van der Waals surface area (Å²) in [5.74, 6) is -0.146. The molecule has 1 aromatic rings. The molecule has 0 radical (unpaired) electrons. The molecule has 0 fully saturated rings. The predicted octanol–water partition coefficient (Wildman–Crippen LogP) is 3.28. The second-order valence-corrected chi connectivity index (χ2v) is 3.96. The molecule has 1 rings (SSSR count). The largest absolute Gasteiger partial charge is 0.325 e. The van der Waals surface area contributed by atoms with Gasteiger partial charge in [-0.3, -0.25) is 9.59 Å². The molecule has 0 spiro atoms. The Morgan fingerprint density at radius 2 is 2.06 bits per heavy atom. The van der Waals surface area contributed by atoms with Crippen molar-refractivity contribution in [1.29, 1.82) is 0 Å². The lowest BCUT2D eigenvalue weighted by Gasteiger charge is -2.07. The van der Waals surface area contributed by atoms with Gasteiger partial charge >= 0.3 is 0 Å². The number of rotatable bonds is 4. The van der Waals surface area contributed by atoms with E-state index in [9.17, 15) is 9.59 Å². The van der Waals surface area contributed by atoms with Crippen LogP contribution in [0.2, 0.25) is 5.02 Å². The number of hydrogen-bond donors (Lipinski definition) is 1. The average Bonchev–Trinajstić information content (AvgIpc) is 2.21. The Balaban J connectivity index is 2.90. The molecule has 1 aromatic carbocycles. The SMILES string of the molecule is CCCC(=O)Nc1cc(C(C)=O)ccc1Cl. The average molecular weight is 240 g/mol. The highest BCUT2D eigenvalue weighted by molar-refractivity contribution is 6.33.